The van der Waals surface area contributed by atoms with Crippen LogP contribution in [0.3, 0.4) is 0 Å². The Morgan fingerprint density at radius 1 is 0.500 bits per heavy atom. The smallest absolute Gasteiger partial charge is 0.116 e. The Kier molecular flexibility index (Phi) is 3.88. The largest absolute Gasteiger partial charge is 0.307 e. The van der Waals surface area contributed by atoms with Gasteiger partial charge in [-0.1, -0.05) is 54.6 Å². The van der Waals surface area contributed by atoms with Crippen LogP contribution in [0.4, 0.5) is 0 Å². The van der Waals surface area contributed by atoms with Crippen LogP contribution >= 0.6 is 0 Å². The summed E-state index contributed by atoms with van der Waals surface area (Å²) < 4.78 is 4.74. The van der Waals surface area contributed by atoms with E-state index >= 15 is 0 Å². The van der Waals surface area contributed by atoms with Gasteiger partial charge in [-0.15, -0.1) is 0 Å². The zero-order chi connectivity index (χ0) is 23.6. The van der Waals surface area contributed by atoms with Gasteiger partial charge in [0.05, 0.1) is 27.6 Å². The minimum atomic E-state index is 0.965. The Balaban J connectivity index is 1.79. The number of fused-ring (bicyclic) bond motifs is 10. The highest BCUT2D eigenvalue weighted by Gasteiger charge is 2.24. The van der Waals surface area contributed by atoms with Crippen LogP contribution < -0.4 is 0 Å². The van der Waals surface area contributed by atoms with Crippen LogP contribution in [-0.2, 0) is 0 Å². The SMILES string of the molecule is c1ccc(-n2c3ccccc3c3c4cncnc4c4c5ccccc5n(-c5ccncc5)c4c32)cc1. The van der Waals surface area contributed by atoms with Crippen molar-refractivity contribution in [1.82, 2.24) is 24.1 Å². The zero-order valence-corrected chi connectivity index (χ0v) is 19.2. The first-order valence-corrected chi connectivity index (χ1v) is 12.0. The van der Waals surface area contributed by atoms with E-state index in [1.165, 1.54) is 10.8 Å². The first-order valence-electron chi connectivity index (χ1n) is 12.0. The molecule has 0 N–H and O–H groups in total. The molecule has 0 spiro atoms. The normalized spacial score (nSPS) is 11.9. The highest BCUT2D eigenvalue weighted by atomic mass is 15.0. The van der Waals surface area contributed by atoms with E-state index in [0.29, 0.717) is 0 Å². The minimum Gasteiger partial charge on any atom is -0.307 e. The van der Waals surface area contributed by atoms with Crippen LogP contribution in [0.1, 0.15) is 0 Å². The van der Waals surface area contributed by atoms with Crippen molar-refractivity contribution in [3.05, 3.63) is 116 Å². The summed E-state index contributed by atoms with van der Waals surface area (Å²) in [5.41, 5.74) is 7.71. The topological polar surface area (TPSA) is 48.5 Å². The van der Waals surface area contributed by atoms with Crippen LogP contribution in [0.2, 0.25) is 0 Å². The Morgan fingerprint density at radius 2 is 1.08 bits per heavy atom. The quantitative estimate of drug-likeness (QED) is 0.273. The summed E-state index contributed by atoms with van der Waals surface area (Å²) in [6.07, 6.45) is 7.32. The molecule has 0 saturated heterocycles. The van der Waals surface area contributed by atoms with Crippen molar-refractivity contribution in [2.45, 2.75) is 0 Å². The molecule has 4 aromatic carbocycles. The summed E-state index contributed by atoms with van der Waals surface area (Å²) in [4.78, 5) is 13.6. The monoisotopic (exact) mass is 461 g/mol. The van der Waals surface area contributed by atoms with Crippen molar-refractivity contribution >= 4 is 54.5 Å². The Hall–Kier alpha value is -5.03. The molecule has 0 amide bonds. The second-order valence-corrected chi connectivity index (χ2v) is 8.98. The van der Waals surface area contributed by atoms with Gasteiger partial charge in [0.1, 0.15) is 6.33 Å². The third-order valence-corrected chi connectivity index (χ3v) is 7.13. The summed E-state index contributed by atoms with van der Waals surface area (Å²) in [6.45, 7) is 0. The van der Waals surface area contributed by atoms with Gasteiger partial charge in [-0.2, -0.15) is 0 Å². The number of hydrogen-bond acceptors (Lipinski definition) is 3. The van der Waals surface area contributed by atoms with Crippen LogP contribution in [-0.4, -0.2) is 24.1 Å². The molecule has 0 radical (unpaired) electrons. The molecule has 0 fully saturated rings. The molecule has 8 aromatic rings. The molecule has 0 bridgehead atoms. The van der Waals surface area contributed by atoms with E-state index in [4.69, 9.17) is 4.98 Å². The molecule has 4 heterocycles. The van der Waals surface area contributed by atoms with Crippen molar-refractivity contribution in [2.24, 2.45) is 0 Å². The second-order valence-electron chi connectivity index (χ2n) is 8.98. The lowest BCUT2D eigenvalue weighted by Crippen LogP contribution is -1.99. The standard InChI is InChI=1S/C31H19N5/c1-2-8-20(9-3-1)35-25-12-6-4-10-22(25)27-24-18-33-19-34-29(24)28-23-11-5-7-13-26(23)36(31(28)30(27)35)21-14-16-32-17-15-21/h1-19H. The van der Waals surface area contributed by atoms with Gasteiger partial charge in [-0.25, -0.2) is 9.97 Å². The summed E-state index contributed by atoms with van der Waals surface area (Å²) in [7, 11) is 0. The van der Waals surface area contributed by atoms with E-state index in [0.717, 1.165) is 55.1 Å². The minimum absolute atomic E-state index is 0.965. The summed E-state index contributed by atoms with van der Waals surface area (Å²) in [5.74, 6) is 0. The lowest BCUT2D eigenvalue weighted by Gasteiger charge is -2.13. The van der Waals surface area contributed by atoms with Gasteiger partial charge in [0.15, 0.2) is 0 Å². The van der Waals surface area contributed by atoms with E-state index in [9.17, 15) is 0 Å². The summed E-state index contributed by atoms with van der Waals surface area (Å²) in [5, 5.41) is 5.70. The van der Waals surface area contributed by atoms with Gasteiger partial charge in [-0.05, 0) is 36.4 Å². The van der Waals surface area contributed by atoms with Gasteiger partial charge in [0.25, 0.3) is 0 Å². The number of hydrogen-bond donors (Lipinski definition) is 0. The first-order chi connectivity index (χ1) is 17.9. The maximum Gasteiger partial charge on any atom is 0.116 e. The number of benzene rings is 4. The molecule has 0 atom stereocenters. The van der Waals surface area contributed by atoms with Gasteiger partial charge in [0, 0.05) is 56.9 Å². The fraction of sp³-hybridized carbons (Fsp3) is 0. The van der Waals surface area contributed by atoms with Crippen molar-refractivity contribution in [1.29, 1.82) is 0 Å². The fourth-order valence-corrected chi connectivity index (χ4v) is 5.76. The zero-order valence-electron chi connectivity index (χ0n) is 19.2. The maximum absolute atomic E-state index is 4.86. The predicted molar refractivity (Wildman–Crippen MR) is 146 cm³/mol. The van der Waals surface area contributed by atoms with Crippen molar-refractivity contribution in [3.8, 4) is 11.4 Å². The molecule has 168 valence electrons. The maximum atomic E-state index is 4.86. The molecule has 0 aliphatic carbocycles. The Morgan fingerprint density at radius 3 is 1.81 bits per heavy atom. The molecule has 0 saturated carbocycles. The first kappa shape index (κ1) is 19.3. The molecule has 0 unspecified atom stereocenters. The molecule has 0 aliphatic rings. The van der Waals surface area contributed by atoms with Gasteiger partial charge in [0.2, 0.25) is 0 Å². The Bertz CT molecular complexity index is 1930. The molecule has 5 heteroatoms. The van der Waals surface area contributed by atoms with Gasteiger partial charge >= 0.3 is 0 Å². The van der Waals surface area contributed by atoms with Crippen LogP contribution in [0.25, 0.3) is 65.9 Å². The van der Waals surface area contributed by atoms with Crippen molar-refractivity contribution in [2.75, 3.05) is 0 Å². The number of aromatic nitrogens is 5. The van der Waals surface area contributed by atoms with E-state index < -0.39 is 0 Å². The second kappa shape index (κ2) is 7.23. The van der Waals surface area contributed by atoms with E-state index in [1.54, 1.807) is 6.33 Å². The predicted octanol–water partition coefficient (Wildman–Crippen LogP) is 7.22. The Labute approximate surface area is 205 Å². The average molecular weight is 462 g/mol. The molecule has 5 nitrogen and oxygen atoms in total. The lowest BCUT2D eigenvalue weighted by atomic mass is 10.0. The number of nitrogens with zero attached hydrogens (tertiary/aromatic N) is 5. The van der Waals surface area contributed by atoms with E-state index in [2.05, 4.69) is 110 Å². The molecule has 0 aliphatic heterocycles. The van der Waals surface area contributed by atoms with Gasteiger partial charge in [-0.3, -0.25) is 4.98 Å². The molecule has 4 aromatic heterocycles. The summed E-state index contributed by atoms with van der Waals surface area (Å²) in [6, 6.07) is 31.9. The molecular formula is C31H19N5. The highest BCUT2D eigenvalue weighted by molar-refractivity contribution is 6.35. The van der Waals surface area contributed by atoms with Crippen LogP contribution in [0.5, 0.6) is 0 Å². The third-order valence-electron chi connectivity index (χ3n) is 7.13. The van der Waals surface area contributed by atoms with Crippen LogP contribution in [0, 0.1) is 0 Å². The average Bonchev–Trinajstić information content (AvgIpc) is 3.48. The van der Waals surface area contributed by atoms with Crippen molar-refractivity contribution in [3.63, 3.8) is 0 Å². The lowest BCUT2D eigenvalue weighted by molar-refractivity contribution is 1.14. The van der Waals surface area contributed by atoms with Crippen LogP contribution in [0.15, 0.2) is 116 Å². The van der Waals surface area contributed by atoms with Gasteiger partial charge < -0.3 is 9.13 Å². The van der Waals surface area contributed by atoms with Crippen molar-refractivity contribution < 1.29 is 0 Å². The number of pyridine rings is 1. The molecule has 8 rings (SSSR count). The molecule has 36 heavy (non-hydrogen) atoms. The van der Waals surface area contributed by atoms with E-state index in [-0.39, 0.29) is 0 Å². The number of rotatable bonds is 2. The highest BCUT2D eigenvalue weighted by Crippen LogP contribution is 2.45. The number of para-hydroxylation sites is 3. The fourth-order valence-electron chi connectivity index (χ4n) is 5.76. The van der Waals surface area contributed by atoms with E-state index in [1.807, 2.05) is 18.6 Å². The molecular weight excluding hydrogens is 442 g/mol. The third kappa shape index (κ3) is 2.46. The summed E-state index contributed by atoms with van der Waals surface area (Å²) >= 11 is 0.